The van der Waals surface area contributed by atoms with Gasteiger partial charge in [-0.1, -0.05) is 140 Å². The summed E-state index contributed by atoms with van der Waals surface area (Å²) in [6.07, 6.45) is 7.79. The van der Waals surface area contributed by atoms with Gasteiger partial charge < -0.3 is 9.13 Å². The molecule has 0 amide bonds. The van der Waals surface area contributed by atoms with E-state index in [9.17, 15) is 0 Å². The molecule has 1 unspecified atom stereocenters. The van der Waals surface area contributed by atoms with E-state index in [1.165, 1.54) is 82.8 Å². The summed E-state index contributed by atoms with van der Waals surface area (Å²) >= 11 is 0. The first-order valence-corrected chi connectivity index (χ1v) is 17.8. The van der Waals surface area contributed by atoms with Gasteiger partial charge in [-0.2, -0.15) is 0 Å². The van der Waals surface area contributed by atoms with Crippen molar-refractivity contribution in [1.82, 2.24) is 9.13 Å². The largest absolute Gasteiger partial charge is 0.312 e. The van der Waals surface area contributed by atoms with E-state index in [1.54, 1.807) is 0 Å². The Morgan fingerprint density at radius 1 is 0.451 bits per heavy atom. The Morgan fingerprint density at radius 2 is 0.980 bits per heavy atom. The number of allylic oxidation sites excluding steroid dienone is 4. The molecule has 1 aliphatic carbocycles. The number of hydrogen-bond acceptors (Lipinski definition) is 0. The monoisotopic (exact) mass is 652 g/mol. The van der Waals surface area contributed by atoms with Crippen LogP contribution in [0.3, 0.4) is 0 Å². The second kappa shape index (κ2) is 11.6. The van der Waals surface area contributed by atoms with Crippen molar-refractivity contribution < 1.29 is 0 Å². The van der Waals surface area contributed by atoms with E-state index < -0.39 is 0 Å². The average molecular weight is 653 g/mol. The normalized spacial score (nSPS) is 16.0. The third kappa shape index (κ3) is 4.57. The summed E-state index contributed by atoms with van der Waals surface area (Å²) in [7, 11) is 0. The molecule has 9 aromatic rings. The van der Waals surface area contributed by atoms with Crippen molar-refractivity contribution in [2.24, 2.45) is 0 Å². The van der Waals surface area contributed by atoms with E-state index in [0.29, 0.717) is 0 Å². The van der Waals surface area contributed by atoms with Gasteiger partial charge in [0.15, 0.2) is 0 Å². The molecule has 7 aromatic carbocycles. The topological polar surface area (TPSA) is 9.86 Å². The number of nitrogens with zero attached hydrogens (tertiary/aromatic N) is 2. The maximum Gasteiger partial charge on any atom is 0.0541 e. The Balaban J connectivity index is 1.15. The van der Waals surface area contributed by atoms with Gasteiger partial charge in [-0.05, 0) is 84.1 Å². The fraction of sp³-hybridized carbons (Fsp3) is 0.0612. The SMILES string of the molecule is CC1(c2ccccc2)CC=CC=C1n1c2ccccc2c2cc(-c3ccc4c(c3)c3ccccc3n4-c3ccccc3-c3ccccc3)ccc21. The van der Waals surface area contributed by atoms with Gasteiger partial charge in [-0.3, -0.25) is 0 Å². The molecule has 51 heavy (non-hydrogen) atoms. The van der Waals surface area contributed by atoms with E-state index in [2.05, 4.69) is 204 Å². The highest BCUT2D eigenvalue weighted by atomic mass is 15.0. The van der Waals surface area contributed by atoms with Crippen LogP contribution in [0.2, 0.25) is 0 Å². The molecule has 0 saturated carbocycles. The predicted molar refractivity (Wildman–Crippen MR) is 216 cm³/mol. The lowest BCUT2D eigenvalue weighted by molar-refractivity contribution is 0.597. The molecular formula is C49H36N2. The number of hydrogen-bond donors (Lipinski definition) is 0. The molecule has 2 heterocycles. The van der Waals surface area contributed by atoms with Crippen molar-refractivity contribution in [3.8, 4) is 27.9 Å². The van der Waals surface area contributed by atoms with Gasteiger partial charge in [0.1, 0.15) is 0 Å². The molecule has 0 aliphatic heterocycles. The molecule has 2 heteroatoms. The highest BCUT2D eigenvalue weighted by Crippen LogP contribution is 2.45. The van der Waals surface area contributed by atoms with Gasteiger partial charge >= 0.3 is 0 Å². The highest BCUT2D eigenvalue weighted by Gasteiger charge is 2.34. The van der Waals surface area contributed by atoms with Gasteiger partial charge in [0.2, 0.25) is 0 Å². The van der Waals surface area contributed by atoms with Crippen molar-refractivity contribution in [2.45, 2.75) is 18.8 Å². The van der Waals surface area contributed by atoms with E-state index in [4.69, 9.17) is 0 Å². The smallest absolute Gasteiger partial charge is 0.0541 e. The van der Waals surface area contributed by atoms with Crippen LogP contribution < -0.4 is 0 Å². The summed E-state index contributed by atoms with van der Waals surface area (Å²) in [6, 6.07) is 62.1. The van der Waals surface area contributed by atoms with Crippen LogP contribution in [0.1, 0.15) is 18.9 Å². The van der Waals surface area contributed by atoms with Crippen LogP contribution >= 0.6 is 0 Å². The summed E-state index contributed by atoms with van der Waals surface area (Å²) in [4.78, 5) is 0. The summed E-state index contributed by atoms with van der Waals surface area (Å²) in [6.45, 7) is 2.39. The lowest BCUT2D eigenvalue weighted by atomic mass is 9.74. The molecule has 0 spiro atoms. The van der Waals surface area contributed by atoms with Crippen LogP contribution in [0.15, 0.2) is 188 Å². The standard InChI is InChI=1S/C49H36N2/c1-49(37-18-6-3-7-19-37)31-15-14-26-48(49)51-45-25-13-10-22-40(45)42-33-36(28-30-47(42)51)35-27-29-46-41(32-35)39-21-9-12-24-44(39)50(46)43-23-11-8-20-38(43)34-16-4-2-5-17-34/h2-30,32-33H,31H2,1H3. The third-order valence-electron chi connectivity index (χ3n) is 11.0. The Hall–Kier alpha value is -6.38. The van der Waals surface area contributed by atoms with E-state index >= 15 is 0 Å². The van der Waals surface area contributed by atoms with Gasteiger partial charge in [-0.15, -0.1) is 0 Å². The average Bonchev–Trinajstić information content (AvgIpc) is 3.71. The maximum atomic E-state index is 2.51. The minimum Gasteiger partial charge on any atom is -0.312 e. The Bertz CT molecular complexity index is 2830. The maximum absolute atomic E-state index is 2.51. The van der Waals surface area contributed by atoms with Crippen LogP contribution in [-0.2, 0) is 5.41 Å². The van der Waals surface area contributed by atoms with E-state index in [0.717, 1.165) is 6.42 Å². The molecule has 0 bridgehead atoms. The van der Waals surface area contributed by atoms with Crippen LogP contribution in [0, 0.1) is 0 Å². The number of rotatable bonds is 5. The fourth-order valence-corrected chi connectivity index (χ4v) is 8.50. The first-order chi connectivity index (χ1) is 25.2. The van der Waals surface area contributed by atoms with Crippen molar-refractivity contribution in [3.63, 3.8) is 0 Å². The fourth-order valence-electron chi connectivity index (χ4n) is 8.50. The Morgan fingerprint density at radius 3 is 1.67 bits per heavy atom. The molecule has 0 fully saturated rings. The number of fused-ring (bicyclic) bond motifs is 6. The predicted octanol–water partition coefficient (Wildman–Crippen LogP) is 13.0. The number of para-hydroxylation sites is 3. The zero-order valence-electron chi connectivity index (χ0n) is 28.5. The van der Waals surface area contributed by atoms with Crippen molar-refractivity contribution in [1.29, 1.82) is 0 Å². The van der Waals surface area contributed by atoms with Gasteiger partial charge in [0.05, 0.1) is 27.8 Å². The minimum atomic E-state index is -0.151. The minimum absolute atomic E-state index is 0.151. The first-order valence-electron chi connectivity index (χ1n) is 17.8. The summed E-state index contributed by atoms with van der Waals surface area (Å²) < 4.78 is 4.94. The molecule has 0 N–H and O–H groups in total. The molecular weight excluding hydrogens is 617 g/mol. The van der Waals surface area contributed by atoms with Crippen molar-refractivity contribution >= 4 is 49.3 Å². The van der Waals surface area contributed by atoms with Gasteiger partial charge in [0, 0.05) is 38.2 Å². The Labute approximate surface area is 297 Å². The lowest BCUT2D eigenvalue weighted by Gasteiger charge is -2.35. The second-order valence-corrected chi connectivity index (χ2v) is 13.9. The highest BCUT2D eigenvalue weighted by molar-refractivity contribution is 6.13. The van der Waals surface area contributed by atoms with Crippen LogP contribution in [-0.4, -0.2) is 9.13 Å². The molecule has 242 valence electrons. The third-order valence-corrected chi connectivity index (χ3v) is 11.0. The number of benzene rings is 7. The van der Waals surface area contributed by atoms with Crippen LogP contribution in [0.5, 0.6) is 0 Å². The molecule has 0 radical (unpaired) electrons. The summed E-state index contributed by atoms with van der Waals surface area (Å²) in [5, 5.41) is 5.06. The van der Waals surface area contributed by atoms with Gasteiger partial charge in [0.25, 0.3) is 0 Å². The lowest BCUT2D eigenvalue weighted by Crippen LogP contribution is -2.27. The van der Waals surface area contributed by atoms with E-state index in [1.807, 2.05) is 0 Å². The van der Waals surface area contributed by atoms with Crippen LogP contribution in [0.25, 0.3) is 77.2 Å². The first kappa shape index (κ1) is 29.5. The van der Waals surface area contributed by atoms with Crippen LogP contribution in [0.4, 0.5) is 0 Å². The summed E-state index contributed by atoms with van der Waals surface area (Å²) in [5.74, 6) is 0. The molecule has 10 rings (SSSR count). The second-order valence-electron chi connectivity index (χ2n) is 13.9. The molecule has 1 aliphatic rings. The zero-order chi connectivity index (χ0) is 33.9. The summed E-state index contributed by atoms with van der Waals surface area (Å²) in [5.41, 5.74) is 13.4. The zero-order valence-corrected chi connectivity index (χ0v) is 28.5. The van der Waals surface area contributed by atoms with E-state index in [-0.39, 0.29) is 5.41 Å². The molecule has 2 aromatic heterocycles. The van der Waals surface area contributed by atoms with Gasteiger partial charge in [-0.25, -0.2) is 0 Å². The Kier molecular flexibility index (Phi) is 6.72. The molecule has 2 nitrogen and oxygen atoms in total. The van der Waals surface area contributed by atoms with Crippen molar-refractivity contribution in [2.75, 3.05) is 0 Å². The molecule has 0 saturated heterocycles. The molecule has 1 atom stereocenters. The van der Waals surface area contributed by atoms with Crippen molar-refractivity contribution in [3.05, 3.63) is 194 Å². The number of aromatic nitrogens is 2. The quantitative estimate of drug-likeness (QED) is 0.175.